The number of Topliss-reactive ketones (excluding diaryl/α,β-unsaturated/α-hetero) is 1. The molecule has 0 heterocycles. The van der Waals surface area contributed by atoms with E-state index in [1.165, 1.54) is 20.1 Å². The summed E-state index contributed by atoms with van der Waals surface area (Å²) in [6.45, 7) is 4.09. The molecular weight excluding hydrogens is 256 g/mol. The first-order chi connectivity index (χ1) is 9.58. The van der Waals surface area contributed by atoms with E-state index in [0.717, 1.165) is 24.2 Å². The smallest absolute Gasteiger partial charge is 0.341 e. The van der Waals surface area contributed by atoms with Gasteiger partial charge in [-0.05, 0) is 37.1 Å². The first kappa shape index (κ1) is 16.0. The average molecular weight is 276 g/mol. The van der Waals surface area contributed by atoms with Crippen molar-refractivity contribution in [3.8, 4) is 5.75 Å². The molecule has 1 aromatic rings. The third kappa shape index (κ3) is 4.88. The number of methoxy groups -OCH3 is 1. The lowest BCUT2D eigenvalue weighted by Gasteiger charge is -2.06. The quantitative estimate of drug-likeness (QED) is 0.252. The standard InChI is InChI=1S/C16H20O4/c1-4-5-9-20-14-8-6-7-13(10-14)11-15(12(2)17)16(18)19-3/h6-8,10-11H,4-5,9H2,1-3H3. The molecule has 4 heteroatoms. The van der Waals surface area contributed by atoms with Gasteiger partial charge in [-0.3, -0.25) is 4.79 Å². The summed E-state index contributed by atoms with van der Waals surface area (Å²) in [7, 11) is 1.25. The second-order valence-corrected chi connectivity index (χ2v) is 4.38. The van der Waals surface area contributed by atoms with Gasteiger partial charge in [0, 0.05) is 0 Å². The molecule has 0 bridgehead atoms. The Bertz CT molecular complexity index is 503. The lowest BCUT2D eigenvalue weighted by Crippen LogP contribution is -2.11. The molecule has 0 saturated heterocycles. The monoisotopic (exact) mass is 276 g/mol. The van der Waals surface area contributed by atoms with Crippen LogP contribution in [-0.4, -0.2) is 25.5 Å². The van der Waals surface area contributed by atoms with Gasteiger partial charge in [0.05, 0.1) is 13.7 Å². The van der Waals surface area contributed by atoms with E-state index < -0.39 is 5.97 Å². The van der Waals surface area contributed by atoms with Crippen LogP contribution in [0.3, 0.4) is 0 Å². The molecule has 0 unspecified atom stereocenters. The fourth-order valence-corrected chi connectivity index (χ4v) is 1.61. The largest absolute Gasteiger partial charge is 0.494 e. The molecule has 0 radical (unpaired) electrons. The van der Waals surface area contributed by atoms with Crippen molar-refractivity contribution in [2.24, 2.45) is 0 Å². The summed E-state index contributed by atoms with van der Waals surface area (Å²) in [6.07, 6.45) is 3.57. The van der Waals surface area contributed by atoms with Crippen molar-refractivity contribution in [1.29, 1.82) is 0 Å². The molecule has 4 nitrogen and oxygen atoms in total. The maximum Gasteiger partial charge on any atom is 0.341 e. The zero-order valence-corrected chi connectivity index (χ0v) is 12.1. The summed E-state index contributed by atoms with van der Waals surface area (Å²) < 4.78 is 10.2. The van der Waals surface area contributed by atoms with Crippen LogP contribution < -0.4 is 4.74 Å². The average Bonchev–Trinajstić information content (AvgIpc) is 2.44. The highest BCUT2D eigenvalue weighted by Crippen LogP contribution is 2.17. The van der Waals surface area contributed by atoms with Crippen LogP contribution >= 0.6 is 0 Å². The van der Waals surface area contributed by atoms with Gasteiger partial charge in [0.2, 0.25) is 0 Å². The Morgan fingerprint density at radius 1 is 1.30 bits per heavy atom. The van der Waals surface area contributed by atoms with Gasteiger partial charge < -0.3 is 9.47 Å². The van der Waals surface area contributed by atoms with Crippen molar-refractivity contribution in [3.63, 3.8) is 0 Å². The number of carbonyl (C=O) groups excluding carboxylic acids is 2. The summed E-state index contributed by atoms with van der Waals surface area (Å²) in [5, 5.41) is 0. The summed E-state index contributed by atoms with van der Waals surface area (Å²) in [5.41, 5.74) is 0.757. The predicted molar refractivity (Wildman–Crippen MR) is 77.5 cm³/mol. The van der Waals surface area contributed by atoms with Crippen molar-refractivity contribution in [3.05, 3.63) is 35.4 Å². The second kappa shape index (κ2) is 8.15. The van der Waals surface area contributed by atoms with Gasteiger partial charge in [-0.15, -0.1) is 0 Å². The molecule has 0 spiro atoms. The van der Waals surface area contributed by atoms with E-state index in [1.54, 1.807) is 12.1 Å². The van der Waals surface area contributed by atoms with E-state index in [9.17, 15) is 9.59 Å². The molecule has 0 aliphatic carbocycles. The van der Waals surface area contributed by atoms with Crippen LogP contribution in [-0.2, 0) is 14.3 Å². The molecule has 108 valence electrons. The Labute approximate surface area is 119 Å². The highest BCUT2D eigenvalue weighted by molar-refractivity contribution is 6.19. The van der Waals surface area contributed by atoms with Crippen LogP contribution in [0, 0.1) is 0 Å². The van der Waals surface area contributed by atoms with E-state index in [0.29, 0.717) is 6.61 Å². The van der Waals surface area contributed by atoms with Crippen molar-refractivity contribution in [2.45, 2.75) is 26.7 Å². The molecule has 20 heavy (non-hydrogen) atoms. The summed E-state index contributed by atoms with van der Waals surface area (Å²) in [4.78, 5) is 23.0. The minimum atomic E-state index is -0.630. The summed E-state index contributed by atoms with van der Waals surface area (Å²) in [6, 6.07) is 7.26. The van der Waals surface area contributed by atoms with Gasteiger partial charge >= 0.3 is 5.97 Å². The molecule has 0 fully saturated rings. The Hall–Kier alpha value is -2.10. The van der Waals surface area contributed by atoms with E-state index >= 15 is 0 Å². The van der Waals surface area contributed by atoms with Gasteiger partial charge in [0.25, 0.3) is 0 Å². The van der Waals surface area contributed by atoms with Gasteiger partial charge in [0.15, 0.2) is 5.78 Å². The number of ether oxygens (including phenoxy) is 2. The van der Waals surface area contributed by atoms with Gasteiger partial charge in [0.1, 0.15) is 11.3 Å². The molecule has 1 aromatic carbocycles. The molecule has 1 rings (SSSR count). The predicted octanol–water partition coefficient (Wildman–Crippen LogP) is 3.01. The Balaban J connectivity index is 2.92. The minimum Gasteiger partial charge on any atom is -0.494 e. The first-order valence-electron chi connectivity index (χ1n) is 6.62. The molecule has 0 N–H and O–H groups in total. The molecule has 0 saturated carbocycles. The number of hydrogen-bond acceptors (Lipinski definition) is 4. The zero-order valence-electron chi connectivity index (χ0n) is 12.1. The number of rotatable bonds is 7. The van der Waals surface area contributed by atoms with Crippen LogP contribution in [0.2, 0.25) is 0 Å². The molecule has 0 amide bonds. The Kier molecular flexibility index (Phi) is 6.50. The van der Waals surface area contributed by atoms with Crippen molar-refractivity contribution < 1.29 is 19.1 Å². The minimum absolute atomic E-state index is 0.0261. The lowest BCUT2D eigenvalue weighted by atomic mass is 10.1. The topological polar surface area (TPSA) is 52.6 Å². The number of carbonyl (C=O) groups is 2. The van der Waals surface area contributed by atoms with Gasteiger partial charge in [-0.2, -0.15) is 0 Å². The normalized spacial score (nSPS) is 11.1. The van der Waals surface area contributed by atoms with Crippen LogP contribution in [0.15, 0.2) is 29.8 Å². The summed E-state index contributed by atoms with van der Waals surface area (Å²) in [5.74, 6) is -0.232. The van der Waals surface area contributed by atoms with E-state index in [-0.39, 0.29) is 11.4 Å². The maximum atomic E-state index is 11.5. The third-order valence-electron chi connectivity index (χ3n) is 2.72. The molecule has 0 atom stereocenters. The van der Waals surface area contributed by atoms with Gasteiger partial charge in [-0.25, -0.2) is 4.79 Å². The summed E-state index contributed by atoms with van der Waals surface area (Å²) >= 11 is 0. The second-order valence-electron chi connectivity index (χ2n) is 4.38. The Morgan fingerprint density at radius 2 is 2.05 bits per heavy atom. The molecule has 0 aliphatic rings. The zero-order chi connectivity index (χ0) is 15.0. The number of ketones is 1. The van der Waals surface area contributed by atoms with Crippen LogP contribution in [0.25, 0.3) is 6.08 Å². The highest BCUT2D eigenvalue weighted by Gasteiger charge is 2.14. The maximum absolute atomic E-state index is 11.5. The van der Waals surface area contributed by atoms with Crippen LogP contribution in [0.4, 0.5) is 0 Å². The molecule has 0 aromatic heterocycles. The molecular formula is C16H20O4. The fourth-order valence-electron chi connectivity index (χ4n) is 1.61. The number of esters is 1. The SMILES string of the molecule is CCCCOc1cccc(C=C(C(C)=O)C(=O)OC)c1. The molecule has 0 aliphatic heterocycles. The third-order valence-corrected chi connectivity index (χ3v) is 2.72. The first-order valence-corrected chi connectivity index (χ1v) is 6.62. The highest BCUT2D eigenvalue weighted by atomic mass is 16.5. The van der Waals surface area contributed by atoms with Crippen molar-refractivity contribution in [2.75, 3.05) is 13.7 Å². The fraction of sp³-hybridized carbons (Fsp3) is 0.375. The van der Waals surface area contributed by atoms with Crippen LogP contribution in [0.5, 0.6) is 5.75 Å². The van der Waals surface area contributed by atoms with Gasteiger partial charge in [-0.1, -0.05) is 25.5 Å². The Morgan fingerprint density at radius 3 is 2.65 bits per heavy atom. The lowest BCUT2D eigenvalue weighted by molar-refractivity contribution is -0.137. The van der Waals surface area contributed by atoms with Crippen molar-refractivity contribution in [1.82, 2.24) is 0 Å². The van der Waals surface area contributed by atoms with Crippen molar-refractivity contribution >= 4 is 17.8 Å². The van der Waals surface area contributed by atoms with E-state index in [1.807, 2.05) is 12.1 Å². The number of unbranched alkanes of at least 4 members (excludes halogenated alkanes) is 1. The number of benzene rings is 1. The van der Waals surface area contributed by atoms with Crippen LogP contribution in [0.1, 0.15) is 32.3 Å². The van der Waals surface area contributed by atoms with E-state index in [2.05, 4.69) is 11.7 Å². The van der Waals surface area contributed by atoms with E-state index in [4.69, 9.17) is 4.74 Å². The number of hydrogen-bond donors (Lipinski definition) is 0.